The molecule has 0 radical (unpaired) electrons. The molecule has 0 aliphatic heterocycles. The van der Waals surface area contributed by atoms with Crippen molar-refractivity contribution in [1.29, 1.82) is 0 Å². The van der Waals surface area contributed by atoms with Gasteiger partial charge < -0.3 is 9.47 Å². The van der Waals surface area contributed by atoms with Crippen molar-refractivity contribution in [2.24, 2.45) is 0 Å². The summed E-state index contributed by atoms with van der Waals surface area (Å²) in [5, 5.41) is 12.8. The molecule has 0 heterocycles. The van der Waals surface area contributed by atoms with E-state index in [1.807, 2.05) is 0 Å². The number of ether oxygens (including phenoxy) is 2. The maximum absolute atomic E-state index is 5.51. The summed E-state index contributed by atoms with van der Waals surface area (Å²) < 4.78 is 11.0. The highest BCUT2D eigenvalue weighted by Gasteiger charge is 2.21. The van der Waals surface area contributed by atoms with Gasteiger partial charge in [-0.25, -0.2) is 0 Å². The fraction of sp³-hybridized carbons (Fsp3) is 0.0769. The first kappa shape index (κ1) is 23.8. The molecule has 0 saturated heterocycles. The van der Waals surface area contributed by atoms with Crippen molar-refractivity contribution in [3.8, 4) is 33.8 Å². The van der Waals surface area contributed by atoms with Crippen molar-refractivity contribution in [3.63, 3.8) is 0 Å². The molecule has 0 fully saturated rings. The van der Waals surface area contributed by atoms with E-state index < -0.39 is 0 Å². The molecule has 8 aromatic rings. The van der Waals surface area contributed by atoms with Gasteiger partial charge in [0.25, 0.3) is 0 Å². The summed E-state index contributed by atoms with van der Waals surface area (Å²) in [7, 11) is 3.43. The largest absolute Gasteiger partial charge is 0.497 e. The normalized spacial score (nSPS) is 11.8. The highest BCUT2D eigenvalue weighted by molar-refractivity contribution is 6.37. The number of hydrogen-bond acceptors (Lipinski definition) is 2. The third-order valence-corrected chi connectivity index (χ3v) is 8.59. The van der Waals surface area contributed by atoms with E-state index in [0.717, 1.165) is 11.5 Å². The Balaban J connectivity index is 1.64. The first-order chi connectivity index (χ1) is 20.1. The van der Waals surface area contributed by atoms with E-state index in [0.29, 0.717) is 0 Å². The lowest BCUT2D eigenvalue weighted by Gasteiger charge is -2.21. The summed E-state index contributed by atoms with van der Waals surface area (Å²) in [4.78, 5) is 0. The second-order valence-corrected chi connectivity index (χ2v) is 11.0. The van der Waals surface area contributed by atoms with Crippen LogP contribution in [0.2, 0.25) is 0 Å². The van der Waals surface area contributed by atoms with Crippen molar-refractivity contribution in [3.05, 3.63) is 121 Å². The van der Waals surface area contributed by atoms with Crippen LogP contribution in [0.15, 0.2) is 115 Å². The van der Waals surface area contributed by atoms with Crippen molar-refractivity contribution in [1.82, 2.24) is 0 Å². The van der Waals surface area contributed by atoms with Crippen LogP contribution in [0.3, 0.4) is 0 Å². The molecule has 2 nitrogen and oxygen atoms in total. The van der Waals surface area contributed by atoms with E-state index in [2.05, 4.69) is 122 Å². The van der Waals surface area contributed by atoms with Gasteiger partial charge in [-0.2, -0.15) is 0 Å². The average Bonchev–Trinajstić information content (AvgIpc) is 3.02. The SMILES string of the molecule is COc1ccc(-c2cc3cc(C)cc4cc(-c5ccc(OC)cc5)c5c6c(ccc7ccccc76)cc2c5c34)cc1. The third-order valence-electron chi connectivity index (χ3n) is 8.59. The highest BCUT2D eigenvalue weighted by atomic mass is 16.5. The zero-order chi connectivity index (χ0) is 27.7. The Morgan fingerprint density at radius 1 is 0.415 bits per heavy atom. The van der Waals surface area contributed by atoms with E-state index in [-0.39, 0.29) is 0 Å². The van der Waals surface area contributed by atoms with Gasteiger partial charge in [-0.3, -0.25) is 0 Å². The van der Waals surface area contributed by atoms with Crippen LogP contribution >= 0.6 is 0 Å². The minimum Gasteiger partial charge on any atom is -0.497 e. The predicted molar refractivity (Wildman–Crippen MR) is 174 cm³/mol. The van der Waals surface area contributed by atoms with Crippen molar-refractivity contribution >= 4 is 53.9 Å². The third kappa shape index (κ3) is 3.57. The Morgan fingerprint density at radius 3 is 1.66 bits per heavy atom. The number of aryl methyl sites for hydroxylation is 1. The number of fused-ring (bicyclic) bond motifs is 4. The Kier molecular flexibility index (Phi) is 5.20. The summed E-state index contributed by atoms with van der Waals surface area (Å²) in [5.41, 5.74) is 6.10. The topological polar surface area (TPSA) is 18.5 Å². The molecule has 0 N–H and O–H groups in total. The lowest BCUT2D eigenvalue weighted by Crippen LogP contribution is -1.94. The smallest absolute Gasteiger partial charge is 0.118 e. The molecule has 0 amide bonds. The van der Waals surface area contributed by atoms with Crippen molar-refractivity contribution in [2.75, 3.05) is 14.2 Å². The Labute approximate surface area is 238 Å². The molecule has 0 aliphatic carbocycles. The van der Waals surface area contributed by atoms with Gasteiger partial charge in [-0.1, -0.05) is 72.8 Å². The van der Waals surface area contributed by atoms with E-state index in [1.54, 1.807) is 14.2 Å². The Hall–Kier alpha value is -5.08. The van der Waals surface area contributed by atoms with Gasteiger partial charge in [0, 0.05) is 0 Å². The van der Waals surface area contributed by atoms with Crippen LogP contribution in [0.1, 0.15) is 5.56 Å². The molecule has 0 aliphatic rings. The lowest BCUT2D eigenvalue weighted by molar-refractivity contribution is 0.415. The number of benzene rings is 8. The van der Waals surface area contributed by atoms with Gasteiger partial charge in [-0.05, 0) is 131 Å². The molecule has 0 bridgehead atoms. The molecule has 0 saturated carbocycles. The number of methoxy groups -OCH3 is 2. The van der Waals surface area contributed by atoms with Gasteiger partial charge >= 0.3 is 0 Å². The summed E-state index contributed by atoms with van der Waals surface area (Å²) in [5.74, 6) is 1.72. The summed E-state index contributed by atoms with van der Waals surface area (Å²) in [6.45, 7) is 2.19. The zero-order valence-electron chi connectivity index (χ0n) is 23.3. The second-order valence-electron chi connectivity index (χ2n) is 11.0. The molecule has 2 heteroatoms. The van der Waals surface area contributed by atoms with E-state index in [1.165, 1.54) is 81.7 Å². The lowest BCUT2D eigenvalue weighted by atomic mass is 9.82. The highest BCUT2D eigenvalue weighted by Crippen LogP contribution is 2.48. The number of rotatable bonds is 4. The summed E-state index contributed by atoms with van der Waals surface area (Å²) in [6, 6.07) is 42.1. The predicted octanol–water partition coefficient (Wildman–Crippen LogP) is 10.6. The molecule has 8 aromatic carbocycles. The zero-order valence-corrected chi connectivity index (χ0v) is 23.3. The summed E-state index contributed by atoms with van der Waals surface area (Å²) >= 11 is 0. The van der Waals surface area contributed by atoms with E-state index in [9.17, 15) is 0 Å². The quantitative estimate of drug-likeness (QED) is 0.167. The van der Waals surface area contributed by atoms with Crippen molar-refractivity contribution in [2.45, 2.75) is 6.92 Å². The number of hydrogen-bond donors (Lipinski definition) is 0. The minimum atomic E-state index is 0.860. The first-order valence-corrected chi connectivity index (χ1v) is 14.0. The van der Waals surface area contributed by atoms with Crippen LogP contribution in [0.5, 0.6) is 11.5 Å². The van der Waals surface area contributed by atoms with Crippen LogP contribution in [-0.4, -0.2) is 14.2 Å². The van der Waals surface area contributed by atoms with Crippen molar-refractivity contribution < 1.29 is 9.47 Å². The molecule has 8 rings (SSSR count). The molecule has 196 valence electrons. The molecule has 0 unspecified atom stereocenters. The average molecular weight is 529 g/mol. The molecule has 0 atom stereocenters. The molecular formula is C39H28O2. The summed E-state index contributed by atoms with van der Waals surface area (Å²) in [6.07, 6.45) is 0. The second kappa shape index (κ2) is 8.97. The fourth-order valence-electron chi connectivity index (χ4n) is 6.74. The molecule has 0 aromatic heterocycles. The Morgan fingerprint density at radius 2 is 1.00 bits per heavy atom. The van der Waals surface area contributed by atoms with E-state index >= 15 is 0 Å². The van der Waals surface area contributed by atoms with Gasteiger partial charge in [0.15, 0.2) is 0 Å². The fourth-order valence-corrected chi connectivity index (χ4v) is 6.74. The van der Waals surface area contributed by atoms with Crippen LogP contribution in [-0.2, 0) is 0 Å². The first-order valence-electron chi connectivity index (χ1n) is 14.0. The molecular weight excluding hydrogens is 500 g/mol. The standard InChI is InChI=1S/C39H28O2/c1-23-18-28-21-33(25-10-14-30(40-2)15-11-25)35-20-27-9-8-24-6-4-5-7-32(24)37(27)38-34(22-29(19-23)36(28)39(35)38)26-12-16-31(41-3)17-13-26/h4-22H,1-3H3. The Bertz CT molecular complexity index is 2240. The van der Waals surface area contributed by atoms with Crippen LogP contribution < -0.4 is 9.47 Å². The maximum Gasteiger partial charge on any atom is 0.118 e. The van der Waals surface area contributed by atoms with E-state index in [4.69, 9.17) is 9.47 Å². The maximum atomic E-state index is 5.51. The van der Waals surface area contributed by atoms with Gasteiger partial charge in [-0.15, -0.1) is 0 Å². The van der Waals surface area contributed by atoms with Crippen LogP contribution in [0.25, 0.3) is 76.1 Å². The minimum absolute atomic E-state index is 0.860. The molecule has 0 spiro atoms. The van der Waals surface area contributed by atoms with Crippen LogP contribution in [0.4, 0.5) is 0 Å². The van der Waals surface area contributed by atoms with Gasteiger partial charge in [0.2, 0.25) is 0 Å². The van der Waals surface area contributed by atoms with Gasteiger partial charge in [0.05, 0.1) is 14.2 Å². The van der Waals surface area contributed by atoms with Crippen LogP contribution in [0, 0.1) is 6.92 Å². The molecule has 41 heavy (non-hydrogen) atoms. The van der Waals surface area contributed by atoms with Gasteiger partial charge in [0.1, 0.15) is 11.5 Å². The monoisotopic (exact) mass is 528 g/mol.